The molecule has 0 amide bonds. The van der Waals surface area contributed by atoms with Gasteiger partial charge in [0.2, 0.25) is 0 Å². The monoisotopic (exact) mass is 380 g/mol. The van der Waals surface area contributed by atoms with Crippen molar-refractivity contribution >= 4 is 27.4 Å². The Bertz CT molecular complexity index is 456. The molecule has 0 rings (SSSR count). The zero-order chi connectivity index (χ0) is 18.3. The Labute approximate surface area is 130 Å². The van der Waals surface area contributed by atoms with Crippen molar-refractivity contribution in [1.29, 1.82) is 0 Å². The molecule has 13 nitrogen and oxygen atoms in total. The second-order valence-corrected chi connectivity index (χ2v) is 7.36. The lowest BCUT2D eigenvalue weighted by Gasteiger charge is -2.19. The van der Waals surface area contributed by atoms with Gasteiger partial charge in [0.1, 0.15) is 12.1 Å². The van der Waals surface area contributed by atoms with Crippen LogP contribution in [0.5, 0.6) is 0 Å². The predicted octanol–water partition coefficient (Wildman–Crippen LogP) is -2.03. The van der Waals surface area contributed by atoms with Gasteiger partial charge in [0.05, 0.1) is 13.2 Å². The highest BCUT2D eigenvalue weighted by molar-refractivity contribution is 7.51. The van der Waals surface area contributed by atoms with Crippen LogP contribution in [0.25, 0.3) is 0 Å². The van der Waals surface area contributed by atoms with Crippen LogP contribution in [0.15, 0.2) is 0 Å². The van der Waals surface area contributed by atoms with Crippen molar-refractivity contribution in [3.8, 4) is 0 Å². The molecule has 136 valence electrons. The van der Waals surface area contributed by atoms with Crippen LogP contribution in [0.3, 0.4) is 0 Å². The van der Waals surface area contributed by atoms with E-state index in [-0.39, 0.29) is 0 Å². The van der Waals surface area contributed by atoms with E-state index in [1.165, 1.54) is 0 Å². The van der Waals surface area contributed by atoms with Gasteiger partial charge >= 0.3 is 27.4 Å². The van der Waals surface area contributed by atoms with Crippen LogP contribution in [0, 0.1) is 0 Å². The molecule has 3 atom stereocenters. The van der Waals surface area contributed by atoms with Gasteiger partial charge in [-0.05, 0) is 0 Å². The standard InChI is InChI=1S/C8H18N2O11P2/c1-22(15,16)20-2-5(7(11)12)9-4-10-6(8(13)14)3-21-23(17,18)19/h5-6,9-10H,2-4H2,1H3,(H,11,12)(H,13,14)(H,15,16)(H2,17,18,19). The molecular formula is C8H18N2O11P2. The van der Waals surface area contributed by atoms with E-state index >= 15 is 0 Å². The smallest absolute Gasteiger partial charge is 0.469 e. The Morgan fingerprint density at radius 3 is 1.65 bits per heavy atom. The van der Waals surface area contributed by atoms with Crippen LogP contribution in [0.1, 0.15) is 0 Å². The molecule has 0 aromatic rings. The quantitative estimate of drug-likeness (QED) is 0.144. The minimum atomic E-state index is -4.85. The number of phosphoric ester groups is 1. The maximum atomic E-state index is 10.9. The molecular weight excluding hydrogens is 362 g/mol. The van der Waals surface area contributed by atoms with E-state index in [2.05, 4.69) is 19.7 Å². The van der Waals surface area contributed by atoms with Gasteiger partial charge in [0.25, 0.3) is 0 Å². The number of carboxylic acids is 2. The molecule has 0 saturated carbocycles. The first kappa shape index (κ1) is 22.1. The maximum absolute atomic E-state index is 10.9. The number of phosphoric acid groups is 1. The lowest BCUT2D eigenvalue weighted by Crippen LogP contribution is -2.50. The fourth-order valence-electron chi connectivity index (χ4n) is 1.12. The highest BCUT2D eigenvalue weighted by Crippen LogP contribution is 2.36. The van der Waals surface area contributed by atoms with Crippen molar-refractivity contribution in [2.45, 2.75) is 12.1 Å². The van der Waals surface area contributed by atoms with E-state index < -0.39 is 59.3 Å². The van der Waals surface area contributed by atoms with Gasteiger partial charge < -0.3 is 29.4 Å². The summed E-state index contributed by atoms with van der Waals surface area (Å²) in [6.45, 7) is -1.07. The number of hydrogen-bond donors (Lipinski definition) is 7. The second kappa shape index (κ2) is 9.42. The minimum absolute atomic E-state index is 0.415. The molecule has 0 saturated heterocycles. The Hall–Kier alpha value is -0.880. The van der Waals surface area contributed by atoms with Gasteiger partial charge in [-0.2, -0.15) is 0 Å². The fourth-order valence-corrected chi connectivity index (χ4v) is 1.89. The second-order valence-electron chi connectivity index (χ2n) is 4.25. The van der Waals surface area contributed by atoms with E-state index in [1.54, 1.807) is 0 Å². The highest BCUT2D eigenvalue weighted by atomic mass is 31.2. The number of carbonyl (C=O) groups is 2. The van der Waals surface area contributed by atoms with Gasteiger partial charge in [-0.15, -0.1) is 0 Å². The molecule has 0 bridgehead atoms. The summed E-state index contributed by atoms with van der Waals surface area (Å²) < 4.78 is 29.9. The molecule has 0 aromatic heterocycles. The number of aliphatic carboxylic acids is 2. The van der Waals surface area contributed by atoms with Crippen molar-refractivity contribution in [3.63, 3.8) is 0 Å². The first-order valence-corrected chi connectivity index (χ1v) is 9.44. The van der Waals surface area contributed by atoms with Crippen LogP contribution < -0.4 is 10.6 Å². The topological polar surface area (TPSA) is 212 Å². The molecule has 0 fully saturated rings. The van der Waals surface area contributed by atoms with Gasteiger partial charge in [0.15, 0.2) is 0 Å². The average molecular weight is 380 g/mol. The minimum Gasteiger partial charge on any atom is -0.480 e. The van der Waals surface area contributed by atoms with Gasteiger partial charge in [0, 0.05) is 13.3 Å². The fraction of sp³-hybridized carbons (Fsp3) is 0.750. The van der Waals surface area contributed by atoms with Crippen LogP contribution in [0.2, 0.25) is 0 Å². The zero-order valence-corrected chi connectivity index (χ0v) is 13.6. The van der Waals surface area contributed by atoms with Crippen molar-refractivity contribution in [2.75, 3.05) is 26.5 Å². The van der Waals surface area contributed by atoms with E-state index in [0.29, 0.717) is 0 Å². The molecule has 0 aromatic carbocycles. The Morgan fingerprint density at radius 2 is 1.35 bits per heavy atom. The summed E-state index contributed by atoms with van der Waals surface area (Å²) in [4.78, 5) is 47.6. The first-order valence-electron chi connectivity index (χ1n) is 5.89. The van der Waals surface area contributed by atoms with E-state index in [0.717, 1.165) is 6.66 Å². The number of carboxylic acid groups (broad SMARTS) is 2. The largest absolute Gasteiger partial charge is 0.480 e. The van der Waals surface area contributed by atoms with Crippen molar-refractivity contribution < 1.29 is 52.7 Å². The SMILES string of the molecule is CP(=O)(O)OCC(NCNC(COP(=O)(O)O)C(=O)O)C(=O)O. The summed E-state index contributed by atoms with van der Waals surface area (Å²) >= 11 is 0. The third kappa shape index (κ3) is 12.2. The third-order valence-electron chi connectivity index (χ3n) is 2.18. The molecule has 7 N–H and O–H groups in total. The lowest BCUT2D eigenvalue weighted by molar-refractivity contribution is -0.140. The molecule has 0 aliphatic rings. The summed E-state index contributed by atoms with van der Waals surface area (Å²) in [5.74, 6) is -2.91. The van der Waals surface area contributed by atoms with Crippen LogP contribution >= 0.6 is 15.4 Å². The van der Waals surface area contributed by atoms with Crippen LogP contribution in [-0.4, -0.2) is 75.5 Å². The van der Waals surface area contributed by atoms with Crippen LogP contribution in [0.4, 0.5) is 0 Å². The molecule has 3 unspecified atom stereocenters. The van der Waals surface area contributed by atoms with Crippen molar-refractivity contribution in [1.82, 2.24) is 10.6 Å². The first-order chi connectivity index (χ1) is 10.3. The Balaban J connectivity index is 4.42. The normalized spacial score (nSPS) is 17.2. The third-order valence-corrected chi connectivity index (χ3v) is 3.30. The maximum Gasteiger partial charge on any atom is 0.469 e. The molecule has 0 spiro atoms. The number of hydrogen-bond acceptors (Lipinski definition) is 8. The van der Waals surface area contributed by atoms with E-state index in [9.17, 15) is 18.7 Å². The molecule has 0 aliphatic heterocycles. The van der Waals surface area contributed by atoms with Crippen molar-refractivity contribution in [2.24, 2.45) is 0 Å². The Morgan fingerprint density at radius 1 is 0.957 bits per heavy atom. The summed E-state index contributed by atoms with van der Waals surface area (Å²) in [5, 5.41) is 22.2. The summed E-state index contributed by atoms with van der Waals surface area (Å²) in [6.07, 6.45) is 0. The average Bonchev–Trinajstić information content (AvgIpc) is 2.33. The Kier molecular flexibility index (Phi) is 9.06. The van der Waals surface area contributed by atoms with E-state index in [4.69, 9.17) is 24.9 Å². The predicted molar refractivity (Wildman–Crippen MR) is 73.7 cm³/mol. The molecule has 0 aliphatic carbocycles. The summed E-state index contributed by atoms with van der Waals surface area (Å²) in [6, 6.07) is -2.94. The molecule has 0 radical (unpaired) electrons. The lowest BCUT2D eigenvalue weighted by atomic mass is 10.3. The number of rotatable bonds is 12. The highest BCUT2D eigenvalue weighted by Gasteiger charge is 2.25. The molecule has 15 heteroatoms. The van der Waals surface area contributed by atoms with Crippen LogP contribution in [-0.2, 0) is 27.8 Å². The molecule has 23 heavy (non-hydrogen) atoms. The van der Waals surface area contributed by atoms with Gasteiger partial charge in [-0.1, -0.05) is 0 Å². The molecule has 0 heterocycles. The van der Waals surface area contributed by atoms with E-state index in [1.807, 2.05) is 0 Å². The summed E-state index contributed by atoms with van der Waals surface area (Å²) in [5.41, 5.74) is 0. The van der Waals surface area contributed by atoms with Crippen molar-refractivity contribution in [3.05, 3.63) is 0 Å². The summed E-state index contributed by atoms with van der Waals surface area (Å²) in [7, 11) is -8.73. The zero-order valence-electron chi connectivity index (χ0n) is 11.9. The van der Waals surface area contributed by atoms with Gasteiger partial charge in [-0.3, -0.25) is 29.3 Å². The number of nitrogens with one attached hydrogen (secondary N) is 2. The van der Waals surface area contributed by atoms with Gasteiger partial charge in [-0.25, -0.2) is 4.57 Å².